The SMILES string of the molecule is C/C(=N\NC(=O)C[NH+]1CC[NH+](Cc2ccccc2Cl)CC1)c1ccccc1O. The summed E-state index contributed by atoms with van der Waals surface area (Å²) in [4.78, 5) is 15.0. The molecular weight excluding hydrogens is 376 g/mol. The lowest BCUT2D eigenvalue weighted by Crippen LogP contribution is -3.28. The van der Waals surface area contributed by atoms with Crippen molar-refractivity contribution in [2.75, 3.05) is 32.7 Å². The van der Waals surface area contributed by atoms with Crippen molar-refractivity contribution in [1.29, 1.82) is 0 Å². The summed E-state index contributed by atoms with van der Waals surface area (Å²) < 4.78 is 0. The number of aromatic hydroxyl groups is 1. The van der Waals surface area contributed by atoms with Gasteiger partial charge in [-0.3, -0.25) is 4.79 Å². The summed E-state index contributed by atoms with van der Waals surface area (Å²) in [5, 5.41) is 14.8. The molecule has 1 amide bonds. The van der Waals surface area contributed by atoms with Gasteiger partial charge in [0.15, 0.2) is 6.54 Å². The predicted octanol–water partition coefficient (Wildman–Crippen LogP) is -0.131. The number of quaternary nitrogens is 2. The van der Waals surface area contributed by atoms with Crippen molar-refractivity contribution >= 4 is 23.2 Å². The van der Waals surface area contributed by atoms with E-state index in [1.807, 2.05) is 24.3 Å². The molecule has 2 aromatic rings. The molecule has 1 heterocycles. The van der Waals surface area contributed by atoms with Gasteiger partial charge in [0.05, 0.1) is 5.71 Å². The minimum Gasteiger partial charge on any atom is -0.507 e. The molecule has 0 saturated carbocycles. The average Bonchev–Trinajstić information content (AvgIpc) is 2.70. The van der Waals surface area contributed by atoms with Crippen LogP contribution in [-0.4, -0.2) is 49.4 Å². The van der Waals surface area contributed by atoms with Crippen LogP contribution >= 0.6 is 11.6 Å². The number of carbonyl (C=O) groups is 1. The first-order valence-corrected chi connectivity index (χ1v) is 9.93. The zero-order chi connectivity index (χ0) is 19.9. The fourth-order valence-corrected chi connectivity index (χ4v) is 3.68. The number of amides is 1. The largest absolute Gasteiger partial charge is 0.507 e. The lowest BCUT2D eigenvalue weighted by atomic mass is 10.1. The van der Waals surface area contributed by atoms with Crippen LogP contribution in [0.4, 0.5) is 0 Å². The van der Waals surface area contributed by atoms with Crippen molar-refractivity contribution in [3.8, 4) is 5.75 Å². The van der Waals surface area contributed by atoms with E-state index >= 15 is 0 Å². The molecule has 6 nitrogen and oxygen atoms in total. The summed E-state index contributed by atoms with van der Waals surface area (Å²) in [6.07, 6.45) is 0. The zero-order valence-electron chi connectivity index (χ0n) is 16.0. The number of para-hydroxylation sites is 1. The molecule has 7 heteroatoms. The third kappa shape index (κ3) is 5.55. The van der Waals surface area contributed by atoms with Gasteiger partial charge in [-0.25, -0.2) is 5.43 Å². The van der Waals surface area contributed by atoms with Crippen molar-refractivity contribution in [1.82, 2.24) is 5.43 Å². The Balaban J connectivity index is 1.44. The summed E-state index contributed by atoms with van der Waals surface area (Å²) in [6.45, 7) is 6.98. The van der Waals surface area contributed by atoms with E-state index in [-0.39, 0.29) is 11.7 Å². The van der Waals surface area contributed by atoms with Crippen LogP contribution in [0.2, 0.25) is 5.02 Å². The maximum atomic E-state index is 12.2. The molecule has 0 spiro atoms. The van der Waals surface area contributed by atoms with Crippen LogP contribution in [-0.2, 0) is 11.3 Å². The second kappa shape index (κ2) is 9.68. The Morgan fingerprint density at radius 3 is 2.43 bits per heavy atom. The van der Waals surface area contributed by atoms with Crippen LogP contribution in [0.15, 0.2) is 53.6 Å². The van der Waals surface area contributed by atoms with E-state index in [9.17, 15) is 9.90 Å². The molecule has 0 unspecified atom stereocenters. The van der Waals surface area contributed by atoms with Crippen LogP contribution in [0.1, 0.15) is 18.1 Å². The molecule has 148 valence electrons. The van der Waals surface area contributed by atoms with Gasteiger partial charge in [-0.15, -0.1) is 0 Å². The lowest BCUT2D eigenvalue weighted by molar-refractivity contribution is -1.02. The van der Waals surface area contributed by atoms with Gasteiger partial charge in [-0.2, -0.15) is 5.10 Å². The van der Waals surface area contributed by atoms with Gasteiger partial charge in [0.1, 0.15) is 38.5 Å². The van der Waals surface area contributed by atoms with Crippen LogP contribution in [0.5, 0.6) is 5.75 Å². The molecule has 0 aliphatic carbocycles. The first kappa shape index (κ1) is 20.3. The number of piperazine rings is 1. The quantitative estimate of drug-likeness (QED) is 0.401. The fraction of sp³-hybridized carbons (Fsp3) is 0.333. The minimum absolute atomic E-state index is 0.112. The Morgan fingerprint density at radius 2 is 1.71 bits per heavy atom. The molecule has 0 atom stereocenters. The topological polar surface area (TPSA) is 70.6 Å². The third-order valence-electron chi connectivity index (χ3n) is 5.12. The van der Waals surface area contributed by atoms with Gasteiger partial charge in [0.25, 0.3) is 5.91 Å². The molecule has 3 rings (SSSR count). The van der Waals surface area contributed by atoms with E-state index in [1.54, 1.807) is 25.1 Å². The van der Waals surface area contributed by atoms with Gasteiger partial charge in [-0.05, 0) is 25.1 Å². The Labute approximate surface area is 170 Å². The minimum atomic E-state index is -0.112. The molecule has 0 bridgehead atoms. The zero-order valence-corrected chi connectivity index (χ0v) is 16.8. The Hall–Kier alpha value is -2.41. The molecule has 1 saturated heterocycles. The van der Waals surface area contributed by atoms with Gasteiger partial charge < -0.3 is 14.9 Å². The summed E-state index contributed by atoms with van der Waals surface area (Å²) in [5.41, 5.74) is 4.98. The molecule has 0 radical (unpaired) electrons. The van der Waals surface area contributed by atoms with E-state index in [2.05, 4.69) is 16.6 Å². The predicted molar refractivity (Wildman–Crippen MR) is 110 cm³/mol. The number of hydrazone groups is 1. The number of hydrogen-bond acceptors (Lipinski definition) is 3. The maximum Gasteiger partial charge on any atom is 0.295 e. The highest BCUT2D eigenvalue weighted by Crippen LogP contribution is 2.16. The first-order chi connectivity index (χ1) is 13.5. The molecule has 4 N–H and O–H groups in total. The van der Waals surface area contributed by atoms with E-state index in [0.29, 0.717) is 17.8 Å². The van der Waals surface area contributed by atoms with Crippen LogP contribution < -0.4 is 15.2 Å². The summed E-state index contributed by atoms with van der Waals surface area (Å²) in [5.74, 6) is 0.0422. The standard InChI is InChI=1S/C21H25ClN4O2/c1-16(18-7-3-5-9-20(18)27)23-24-21(28)15-26-12-10-25(11-13-26)14-17-6-2-4-8-19(17)22/h2-9,27H,10-15H2,1H3,(H,24,28)/p+2/b23-16+. The molecule has 0 aromatic heterocycles. The second-order valence-corrected chi connectivity index (χ2v) is 7.60. The van der Waals surface area contributed by atoms with Crippen LogP contribution in [0.25, 0.3) is 0 Å². The van der Waals surface area contributed by atoms with Crippen molar-refractivity contribution in [2.45, 2.75) is 13.5 Å². The number of nitrogens with zero attached hydrogens (tertiary/aromatic N) is 1. The number of hydrogen-bond donors (Lipinski definition) is 4. The van der Waals surface area contributed by atoms with Gasteiger partial charge in [0.2, 0.25) is 0 Å². The monoisotopic (exact) mass is 402 g/mol. The molecule has 1 fully saturated rings. The van der Waals surface area contributed by atoms with E-state index in [4.69, 9.17) is 11.6 Å². The van der Waals surface area contributed by atoms with Crippen molar-refractivity contribution in [2.24, 2.45) is 5.10 Å². The number of nitrogens with one attached hydrogen (secondary N) is 3. The summed E-state index contributed by atoms with van der Waals surface area (Å²) in [7, 11) is 0. The summed E-state index contributed by atoms with van der Waals surface area (Å²) in [6, 6.07) is 14.9. The van der Waals surface area contributed by atoms with E-state index in [0.717, 1.165) is 37.7 Å². The molecule has 28 heavy (non-hydrogen) atoms. The van der Waals surface area contributed by atoms with Crippen LogP contribution in [0, 0.1) is 0 Å². The molecular formula is C21H27ClN4O2+2. The number of rotatable bonds is 6. The number of carbonyl (C=O) groups excluding carboxylic acids is 1. The molecule has 1 aliphatic heterocycles. The maximum absolute atomic E-state index is 12.2. The Kier molecular flexibility index (Phi) is 7.03. The van der Waals surface area contributed by atoms with Gasteiger partial charge in [-0.1, -0.05) is 41.9 Å². The smallest absolute Gasteiger partial charge is 0.295 e. The highest BCUT2D eigenvalue weighted by molar-refractivity contribution is 6.31. The number of benzene rings is 2. The van der Waals surface area contributed by atoms with Crippen molar-refractivity contribution < 1.29 is 19.7 Å². The highest BCUT2D eigenvalue weighted by atomic mass is 35.5. The number of halogens is 1. The van der Waals surface area contributed by atoms with Gasteiger partial charge in [0, 0.05) is 16.1 Å². The Morgan fingerprint density at radius 1 is 1.07 bits per heavy atom. The van der Waals surface area contributed by atoms with Crippen molar-refractivity contribution in [3.05, 3.63) is 64.7 Å². The fourth-order valence-electron chi connectivity index (χ4n) is 3.47. The highest BCUT2D eigenvalue weighted by Gasteiger charge is 2.25. The number of phenols is 1. The molecule has 1 aliphatic rings. The van der Waals surface area contributed by atoms with E-state index < -0.39 is 0 Å². The molecule has 2 aromatic carbocycles. The second-order valence-electron chi connectivity index (χ2n) is 7.19. The van der Waals surface area contributed by atoms with Gasteiger partial charge >= 0.3 is 0 Å². The number of phenolic OH excluding ortho intramolecular Hbond substituents is 1. The normalized spacial score (nSPS) is 20.0. The van der Waals surface area contributed by atoms with E-state index in [1.165, 1.54) is 15.4 Å². The third-order valence-corrected chi connectivity index (χ3v) is 5.48. The van der Waals surface area contributed by atoms with Crippen molar-refractivity contribution in [3.63, 3.8) is 0 Å². The van der Waals surface area contributed by atoms with Crippen LogP contribution in [0.3, 0.4) is 0 Å². The lowest BCUT2D eigenvalue weighted by Gasteiger charge is -2.29. The first-order valence-electron chi connectivity index (χ1n) is 9.55. The average molecular weight is 403 g/mol. The summed E-state index contributed by atoms with van der Waals surface area (Å²) >= 11 is 6.26. The Bertz CT molecular complexity index is 848.